The van der Waals surface area contributed by atoms with E-state index in [1.54, 1.807) is 12.4 Å². The Morgan fingerprint density at radius 2 is 1.62 bits per heavy atom. The number of rotatable bonds is 4. The number of nitrogens with one attached hydrogen (secondary N) is 2. The fraction of sp³-hybridized carbons (Fsp3) is 0.684. The highest BCUT2D eigenvalue weighted by molar-refractivity contribution is 6.35. The van der Waals surface area contributed by atoms with Gasteiger partial charge in [-0.2, -0.15) is 0 Å². The molecule has 7 heteroatoms. The van der Waals surface area contributed by atoms with Gasteiger partial charge in [-0.15, -0.1) is 0 Å². The van der Waals surface area contributed by atoms with Gasteiger partial charge in [0.2, 0.25) is 5.95 Å². The minimum atomic E-state index is -0.497. The lowest BCUT2D eigenvalue weighted by molar-refractivity contribution is -0.139. The quantitative estimate of drug-likeness (QED) is 0.630. The summed E-state index contributed by atoms with van der Waals surface area (Å²) in [5.41, 5.74) is 0. The van der Waals surface area contributed by atoms with Crippen LogP contribution in [0.1, 0.15) is 51.4 Å². The molecule has 26 heavy (non-hydrogen) atoms. The smallest absolute Gasteiger partial charge is 0.309 e. The second-order valence-electron chi connectivity index (χ2n) is 7.35. The maximum Gasteiger partial charge on any atom is 0.309 e. The predicted molar refractivity (Wildman–Crippen MR) is 99.6 cm³/mol. The number of hydrogen-bond acceptors (Lipinski definition) is 5. The van der Waals surface area contributed by atoms with E-state index in [1.165, 1.54) is 12.8 Å². The molecule has 0 unspecified atom stereocenters. The zero-order chi connectivity index (χ0) is 18.2. The number of hydrogen-bond donors (Lipinski definition) is 2. The first-order chi connectivity index (χ1) is 12.7. The van der Waals surface area contributed by atoms with Crippen LogP contribution in [0.3, 0.4) is 0 Å². The second kappa shape index (κ2) is 9.50. The number of aromatic nitrogens is 2. The maximum absolute atomic E-state index is 12.1. The topological polar surface area (TPSA) is 87.2 Å². The van der Waals surface area contributed by atoms with Crippen LogP contribution in [0.5, 0.6) is 0 Å². The van der Waals surface area contributed by atoms with Gasteiger partial charge < -0.3 is 15.5 Å². The highest BCUT2D eigenvalue weighted by Crippen LogP contribution is 2.20. The molecule has 0 radical (unpaired) electrons. The molecular weight excluding hydrogens is 330 g/mol. The van der Waals surface area contributed by atoms with Gasteiger partial charge in [0.15, 0.2) is 0 Å². The summed E-state index contributed by atoms with van der Waals surface area (Å²) in [5.74, 6) is 0.178. The van der Waals surface area contributed by atoms with Crippen molar-refractivity contribution in [3.05, 3.63) is 18.5 Å². The minimum Gasteiger partial charge on any atom is -0.348 e. The summed E-state index contributed by atoms with van der Waals surface area (Å²) in [6, 6.07) is 1.97. The first kappa shape index (κ1) is 18.6. The lowest BCUT2D eigenvalue weighted by Gasteiger charge is -2.31. The molecule has 1 saturated carbocycles. The fourth-order valence-electron chi connectivity index (χ4n) is 3.78. The molecule has 142 valence electrons. The van der Waals surface area contributed by atoms with Crippen molar-refractivity contribution in [1.29, 1.82) is 0 Å². The Bertz CT molecular complexity index is 579. The molecule has 7 nitrogen and oxygen atoms in total. The van der Waals surface area contributed by atoms with Gasteiger partial charge in [0.05, 0.1) is 0 Å². The molecule has 2 amide bonds. The summed E-state index contributed by atoms with van der Waals surface area (Å²) in [5, 5.41) is 5.71. The highest BCUT2D eigenvalue weighted by Gasteiger charge is 2.23. The molecule has 1 aromatic rings. The van der Waals surface area contributed by atoms with Crippen LogP contribution in [0.4, 0.5) is 5.95 Å². The monoisotopic (exact) mass is 359 g/mol. The number of piperidine rings is 1. The van der Waals surface area contributed by atoms with Crippen LogP contribution in [-0.4, -0.2) is 47.5 Å². The summed E-state index contributed by atoms with van der Waals surface area (Å²) in [4.78, 5) is 34.9. The van der Waals surface area contributed by atoms with Crippen molar-refractivity contribution < 1.29 is 9.59 Å². The summed E-state index contributed by atoms with van der Waals surface area (Å²) in [7, 11) is 0. The first-order valence-electron chi connectivity index (χ1n) is 9.83. The molecule has 2 aliphatic rings. The van der Waals surface area contributed by atoms with Gasteiger partial charge in [0.25, 0.3) is 0 Å². The number of nitrogens with zero attached hydrogens (tertiary/aromatic N) is 3. The third-order valence-corrected chi connectivity index (χ3v) is 5.40. The normalized spacial score (nSPS) is 19.6. The Morgan fingerprint density at radius 3 is 2.27 bits per heavy atom. The first-order valence-corrected chi connectivity index (χ1v) is 9.83. The van der Waals surface area contributed by atoms with E-state index in [4.69, 9.17) is 0 Å². The summed E-state index contributed by atoms with van der Waals surface area (Å²) in [6.45, 7) is 2.30. The third kappa shape index (κ3) is 5.41. The standard InChI is InChI=1S/C19H29N5O2/c25-17(18(26)23-16-6-3-1-2-4-7-16)22-14-15-8-12-24(13-9-15)19-20-10-5-11-21-19/h5,10-11,15-16H,1-4,6-9,12-14H2,(H,22,25)(H,23,26). The molecule has 0 bridgehead atoms. The molecule has 0 spiro atoms. The van der Waals surface area contributed by atoms with Crippen molar-refractivity contribution >= 4 is 17.8 Å². The van der Waals surface area contributed by atoms with Crippen molar-refractivity contribution in [2.75, 3.05) is 24.5 Å². The molecule has 3 rings (SSSR count). The van der Waals surface area contributed by atoms with E-state index in [0.29, 0.717) is 12.5 Å². The Hall–Kier alpha value is -2.18. The molecule has 2 N–H and O–H groups in total. The molecule has 2 fully saturated rings. The van der Waals surface area contributed by atoms with Crippen LogP contribution in [0.25, 0.3) is 0 Å². The Kier molecular flexibility index (Phi) is 6.80. The van der Waals surface area contributed by atoms with Crippen LogP contribution in [0.15, 0.2) is 18.5 Å². The number of carbonyl (C=O) groups excluding carboxylic acids is 2. The molecule has 1 aliphatic carbocycles. The largest absolute Gasteiger partial charge is 0.348 e. The summed E-state index contributed by atoms with van der Waals surface area (Å²) >= 11 is 0. The molecule has 1 aliphatic heterocycles. The molecule has 2 heterocycles. The van der Waals surface area contributed by atoms with Crippen molar-refractivity contribution in [1.82, 2.24) is 20.6 Å². The van der Waals surface area contributed by atoms with E-state index in [2.05, 4.69) is 25.5 Å². The number of amides is 2. The van der Waals surface area contributed by atoms with Crippen molar-refractivity contribution in [3.63, 3.8) is 0 Å². The van der Waals surface area contributed by atoms with Crippen molar-refractivity contribution in [2.24, 2.45) is 5.92 Å². The maximum atomic E-state index is 12.1. The summed E-state index contributed by atoms with van der Waals surface area (Å²) in [6.07, 6.45) is 12.1. The molecule has 1 aromatic heterocycles. The zero-order valence-corrected chi connectivity index (χ0v) is 15.3. The van der Waals surface area contributed by atoms with Gasteiger partial charge in [-0.3, -0.25) is 9.59 Å². The van der Waals surface area contributed by atoms with Crippen molar-refractivity contribution in [3.8, 4) is 0 Å². The van der Waals surface area contributed by atoms with Gasteiger partial charge in [-0.1, -0.05) is 25.7 Å². The van der Waals surface area contributed by atoms with Crippen molar-refractivity contribution in [2.45, 2.75) is 57.4 Å². The molecule has 1 saturated heterocycles. The lowest BCUT2D eigenvalue weighted by Crippen LogP contribution is -2.46. The molecular formula is C19H29N5O2. The van der Waals surface area contributed by atoms with Gasteiger partial charge in [0, 0.05) is 38.1 Å². The molecule has 0 aromatic carbocycles. The van der Waals surface area contributed by atoms with Crippen LogP contribution in [0, 0.1) is 5.92 Å². The lowest BCUT2D eigenvalue weighted by atomic mass is 9.97. The van der Waals surface area contributed by atoms with Crippen LogP contribution in [-0.2, 0) is 9.59 Å². The Labute approximate surface area is 155 Å². The minimum absolute atomic E-state index is 0.157. The van der Waals surface area contributed by atoms with E-state index >= 15 is 0 Å². The second-order valence-corrected chi connectivity index (χ2v) is 7.35. The van der Waals surface area contributed by atoms with Gasteiger partial charge in [0.1, 0.15) is 0 Å². The Morgan fingerprint density at radius 1 is 0.962 bits per heavy atom. The van der Waals surface area contributed by atoms with Gasteiger partial charge in [-0.25, -0.2) is 9.97 Å². The zero-order valence-electron chi connectivity index (χ0n) is 15.3. The number of carbonyl (C=O) groups is 2. The van der Waals surface area contributed by atoms with E-state index in [-0.39, 0.29) is 6.04 Å². The van der Waals surface area contributed by atoms with Gasteiger partial charge >= 0.3 is 11.8 Å². The highest BCUT2D eigenvalue weighted by atomic mass is 16.2. The fourth-order valence-corrected chi connectivity index (χ4v) is 3.78. The molecule has 0 atom stereocenters. The average molecular weight is 359 g/mol. The summed E-state index contributed by atoms with van der Waals surface area (Å²) < 4.78 is 0. The van der Waals surface area contributed by atoms with Crippen LogP contribution in [0.2, 0.25) is 0 Å². The van der Waals surface area contributed by atoms with E-state index in [0.717, 1.165) is 57.6 Å². The average Bonchev–Trinajstić information content (AvgIpc) is 2.96. The van der Waals surface area contributed by atoms with Crippen LogP contribution >= 0.6 is 0 Å². The Balaban J connectivity index is 1.36. The van der Waals surface area contributed by atoms with Crippen LogP contribution < -0.4 is 15.5 Å². The van der Waals surface area contributed by atoms with E-state index < -0.39 is 11.8 Å². The van der Waals surface area contributed by atoms with E-state index in [1.807, 2.05) is 6.07 Å². The van der Waals surface area contributed by atoms with E-state index in [9.17, 15) is 9.59 Å². The van der Waals surface area contributed by atoms with Gasteiger partial charge in [-0.05, 0) is 37.7 Å². The predicted octanol–water partition coefficient (Wildman–Crippen LogP) is 1.65. The number of anilines is 1. The SMILES string of the molecule is O=C(NCC1CCN(c2ncccn2)CC1)C(=O)NC1CCCCCC1. The third-order valence-electron chi connectivity index (χ3n) is 5.40.